The van der Waals surface area contributed by atoms with Crippen LogP contribution in [0.3, 0.4) is 0 Å². The smallest absolute Gasteiger partial charge is 0.255 e. The molecule has 0 aliphatic carbocycles. The van der Waals surface area contributed by atoms with E-state index in [1.807, 2.05) is 12.1 Å². The maximum Gasteiger partial charge on any atom is 0.255 e. The molecule has 0 saturated carbocycles. The van der Waals surface area contributed by atoms with Crippen LogP contribution in [0, 0.1) is 4.64 Å². The summed E-state index contributed by atoms with van der Waals surface area (Å²) in [6.45, 7) is 0. The summed E-state index contributed by atoms with van der Waals surface area (Å²) in [6.07, 6.45) is 1.67. The molecule has 17 heavy (non-hydrogen) atoms. The van der Waals surface area contributed by atoms with E-state index in [9.17, 15) is 4.79 Å². The van der Waals surface area contributed by atoms with Crippen LogP contribution in [0.1, 0.15) is 10.4 Å². The van der Waals surface area contributed by atoms with E-state index in [1.54, 1.807) is 30.5 Å². The van der Waals surface area contributed by atoms with Crippen LogP contribution >= 0.6 is 28.1 Å². The first-order valence-electron chi connectivity index (χ1n) is 4.91. The van der Waals surface area contributed by atoms with Crippen LogP contribution in [0.25, 0.3) is 0 Å². The normalized spacial score (nSPS) is 9.94. The quantitative estimate of drug-likeness (QED) is 0.830. The molecule has 1 aromatic carbocycles. The van der Waals surface area contributed by atoms with E-state index in [0.29, 0.717) is 15.9 Å². The first kappa shape index (κ1) is 12.0. The third-order valence-corrected chi connectivity index (χ3v) is 2.93. The van der Waals surface area contributed by atoms with Crippen molar-refractivity contribution < 1.29 is 4.79 Å². The van der Waals surface area contributed by atoms with E-state index in [4.69, 9.17) is 12.2 Å². The number of carbonyl (C=O) groups is 1. The number of carbonyl (C=O) groups excluding carboxylic acids is 1. The summed E-state index contributed by atoms with van der Waals surface area (Å²) in [7, 11) is 0. The van der Waals surface area contributed by atoms with Gasteiger partial charge >= 0.3 is 0 Å². The van der Waals surface area contributed by atoms with Crippen LogP contribution < -0.4 is 5.32 Å². The lowest BCUT2D eigenvalue weighted by Crippen LogP contribution is -2.11. The Hall–Kier alpha value is -1.46. The number of nitrogens with one attached hydrogen (secondary N) is 2. The van der Waals surface area contributed by atoms with Crippen LogP contribution in [-0.4, -0.2) is 10.9 Å². The zero-order valence-corrected chi connectivity index (χ0v) is 11.1. The van der Waals surface area contributed by atoms with Crippen molar-refractivity contribution in [2.24, 2.45) is 0 Å². The highest BCUT2D eigenvalue weighted by Gasteiger charge is 2.05. The van der Waals surface area contributed by atoms with Crippen molar-refractivity contribution in [3.8, 4) is 0 Å². The number of aromatic amines is 1. The second-order valence-corrected chi connectivity index (χ2v) is 4.76. The van der Waals surface area contributed by atoms with Crippen molar-refractivity contribution in [2.75, 3.05) is 5.32 Å². The minimum atomic E-state index is -0.150. The number of amides is 1. The van der Waals surface area contributed by atoms with Crippen molar-refractivity contribution in [1.82, 2.24) is 4.98 Å². The highest BCUT2D eigenvalue weighted by Crippen LogP contribution is 2.12. The van der Waals surface area contributed by atoms with Gasteiger partial charge in [-0.25, -0.2) is 0 Å². The minimum absolute atomic E-state index is 0.150. The lowest BCUT2D eigenvalue weighted by atomic mass is 10.2. The summed E-state index contributed by atoms with van der Waals surface area (Å²) < 4.78 is 1.57. The number of aromatic nitrogens is 1. The number of H-pyrrole nitrogens is 1. The van der Waals surface area contributed by atoms with Gasteiger partial charge in [-0.2, -0.15) is 0 Å². The van der Waals surface area contributed by atoms with Gasteiger partial charge in [-0.05, 0) is 36.4 Å². The Labute approximate surface area is 112 Å². The molecule has 5 heteroatoms. The molecule has 2 aromatic rings. The van der Waals surface area contributed by atoms with Crippen LogP contribution in [0.15, 0.2) is 47.1 Å². The lowest BCUT2D eigenvalue weighted by molar-refractivity contribution is 0.102. The summed E-state index contributed by atoms with van der Waals surface area (Å²) in [5, 5.41) is 2.77. The van der Waals surface area contributed by atoms with Gasteiger partial charge in [-0.1, -0.05) is 28.1 Å². The van der Waals surface area contributed by atoms with E-state index < -0.39 is 0 Å². The van der Waals surface area contributed by atoms with Gasteiger partial charge in [0.25, 0.3) is 5.91 Å². The van der Waals surface area contributed by atoms with Gasteiger partial charge in [-0.15, -0.1) is 0 Å². The summed E-state index contributed by atoms with van der Waals surface area (Å²) in [4.78, 5) is 14.7. The highest BCUT2D eigenvalue weighted by molar-refractivity contribution is 9.10. The van der Waals surface area contributed by atoms with Crippen LogP contribution in [0.2, 0.25) is 0 Å². The number of pyridine rings is 1. The first-order valence-corrected chi connectivity index (χ1v) is 6.11. The third kappa shape index (κ3) is 3.25. The standard InChI is InChI=1S/C12H9BrN2OS/c13-9-3-1-8(2-4-9)12(16)15-10-5-6-11(17)14-7-10/h1-7H,(H,14,17)(H,15,16). The zero-order chi connectivity index (χ0) is 12.3. The summed E-state index contributed by atoms with van der Waals surface area (Å²) in [6, 6.07) is 10.7. The van der Waals surface area contributed by atoms with E-state index in [0.717, 1.165) is 4.47 Å². The van der Waals surface area contributed by atoms with Crippen molar-refractivity contribution in [2.45, 2.75) is 0 Å². The van der Waals surface area contributed by atoms with Crippen LogP contribution in [0.5, 0.6) is 0 Å². The van der Waals surface area contributed by atoms with Gasteiger partial charge in [0.1, 0.15) is 4.64 Å². The summed E-state index contributed by atoms with van der Waals surface area (Å²) in [5.74, 6) is -0.150. The first-order chi connectivity index (χ1) is 8.15. The average Bonchev–Trinajstić information content (AvgIpc) is 2.33. The van der Waals surface area contributed by atoms with Gasteiger partial charge in [0.2, 0.25) is 0 Å². The second-order valence-electron chi connectivity index (χ2n) is 3.40. The molecule has 1 amide bonds. The van der Waals surface area contributed by atoms with E-state index in [2.05, 4.69) is 26.2 Å². The number of benzene rings is 1. The molecule has 3 nitrogen and oxygen atoms in total. The predicted molar refractivity (Wildman–Crippen MR) is 73.7 cm³/mol. The Balaban J connectivity index is 2.14. The third-order valence-electron chi connectivity index (χ3n) is 2.15. The molecule has 0 bridgehead atoms. The average molecular weight is 309 g/mol. The minimum Gasteiger partial charge on any atom is -0.351 e. The number of halogens is 1. The summed E-state index contributed by atoms with van der Waals surface area (Å²) in [5.41, 5.74) is 1.29. The van der Waals surface area contributed by atoms with Crippen molar-refractivity contribution in [3.05, 3.63) is 57.3 Å². The molecular weight excluding hydrogens is 300 g/mol. The molecule has 0 aliphatic rings. The Morgan fingerprint density at radius 3 is 2.47 bits per heavy atom. The number of hydrogen-bond donors (Lipinski definition) is 2. The highest BCUT2D eigenvalue weighted by atomic mass is 79.9. The maximum atomic E-state index is 11.8. The summed E-state index contributed by atoms with van der Waals surface area (Å²) >= 11 is 8.24. The molecule has 2 N–H and O–H groups in total. The lowest BCUT2D eigenvalue weighted by Gasteiger charge is -2.04. The molecule has 0 spiro atoms. The molecule has 1 aromatic heterocycles. The van der Waals surface area contributed by atoms with Crippen molar-refractivity contribution in [3.63, 3.8) is 0 Å². The zero-order valence-electron chi connectivity index (χ0n) is 8.74. The Morgan fingerprint density at radius 2 is 1.88 bits per heavy atom. The Bertz CT molecular complexity index is 572. The Kier molecular flexibility index (Phi) is 3.71. The van der Waals surface area contributed by atoms with Gasteiger partial charge in [-0.3, -0.25) is 4.79 Å². The van der Waals surface area contributed by atoms with Gasteiger partial charge in [0.15, 0.2) is 0 Å². The van der Waals surface area contributed by atoms with Crippen LogP contribution in [0.4, 0.5) is 5.69 Å². The van der Waals surface area contributed by atoms with Crippen LogP contribution in [-0.2, 0) is 0 Å². The molecule has 0 aliphatic heterocycles. The molecule has 86 valence electrons. The SMILES string of the molecule is O=C(Nc1ccc(=S)[nH]c1)c1ccc(Br)cc1. The molecular formula is C12H9BrN2OS. The molecule has 0 fully saturated rings. The fraction of sp³-hybridized carbons (Fsp3) is 0. The largest absolute Gasteiger partial charge is 0.351 e. The Morgan fingerprint density at radius 1 is 1.18 bits per heavy atom. The molecule has 0 saturated heterocycles. The topological polar surface area (TPSA) is 44.9 Å². The molecule has 1 heterocycles. The molecule has 2 rings (SSSR count). The predicted octanol–water partition coefficient (Wildman–Crippen LogP) is 3.76. The maximum absolute atomic E-state index is 11.8. The van der Waals surface area contributed by atoms with Crippen molar-refractivity contribution >= 4 is 39.7 Å². The van der Waals surface area contributed by atoms with Gasteiger partial charge in [0, 0.05) is 16.2 Å². The van der Waals surface area contributed by atoms with E-state index >= 15 is 0 Å². The van der Waals surface area contributed by atoms with E-state index in [-0.39, 0.29) is 5.91 Å². The molecule has 0 unspecified atom stereocenters. The fourth-order valence-electron chi connectivity index (χ4n) is 1.29. The molecule has 0 radical (unpaired) electrons. The van der Waals surface area contributed by atoms with Gasteiger partial charge in [0.05, 0.1) is 5.69 Å². The fourth-order valence-corrected chi connectivity index (χ4v) is 1.68. The second kappa shape index (κ2) is 5.25. The van der Waals surface area contributed by atoms with Crippen molar-refractivity contribution in [1.29, 1.82) is 0 Å². The molecule has 0 atom stereocenters. The number of anilines is 1. The monoisotopic (exact) mass is 308 g/mol. The number of rotatable bonds is 2. The number of hydrogen-bond acceptors (Lipinski definition) is 2. The van der Waals surface area contributed by atoms with Gasteiger partial charge < -0.3 is 10.3 Å². The van der Waals surface area contributed by atoms with E-state index in [1.165, 1.54) is 0 Å².